The molecular weight excluding hydrogens is 204 g/mol. The predicted molar refractivity (Wildman–Crippen MR) is 68.1 cm³/mol. The summed E-state index contributed by atoms with van der Waals surface area (Å²) in [4.78, 5) is 0. The molecular formula is C14H13Cl. The van der Waals surface area contributed by atoms with E-state index < -0.39 is 0 Å². The standard InChI is InChI=1S/C12H9Cl.C2H4/c13-12-8-6-11(7-9-12)10-4-2-1-3-5-10;1-2/h1-9H;1-2H2. The number of rotatable bonds is 1. The quantitative estimate of drug-likeness (QED) is 0.601. The molecule has 0 atom stereocenters. The fourth-order valence-corrected chi connectivity index (χ4v) is 1.40. The normalized spacial score (nSPS) is 8.87. The summed E-state index contributed by atoms with van der Waals surface area (Å²) in [6.45, 7) is 6.00. The fraction of sp³-hybridized carbons (Fsp3) is 0. The highest BCUT2D eigenvalue weighted by Gasteiger charge is 1.94. The lowest BCUT2D eigenvalue weighted by Gasteiger charge is -2.00. The minimum atomic E-state index is 0.777. The molecule has 0 spiro atoms. The Labute approximate surface area is 95.8 Å². The molecule has 0 aliphatic heterocycles. The highest BCUT2D eigenvalue weighted by Crippen LogP contribution is 2.20. The van der Waals surface area contributed by atoms with Gasteiger partial charge in [0.15, 0.2) is 0 Å². The van der Waals surface area contributed by atoms with Crippen LogP contribution < -0.4 is 0 Å². The molecule has 1 heteroatoms. The molecule has 0 saturated heterocycles. The van der Waals surface area contributed by atoms with Gasteiger partial charge in [-0.3, -0.25) is 0 Å². The van der Waals surface area contributed by atoms with Gasteiger partial charge in [-0.2, -0.15) is 0 Å². The number of hydrogen-bond acceptors (Lipinski definition) is 0. The van der Waals surface area contributed by atoms with Crippen molar-refractivity contribution >= 4 is 11.6 Å². The number of benzene rings is 2. The minimum Gasteiger partial charge on any atom is -0.106 e. The van der Waals surface area contributed by atoms with E-state index in [1.807, 2.05) is 42.5 Å². The van der Waals surface area contributed by atoms with Crippen LogP contribution in [0.3, 0.4) is 0 Å². The Bertz CT molecular complexity index is 389. The molecule has 2 aromatic rings. The highest BCUT2D eigenvalue weighted by molar-refractivity contribution is 6.30. The molecule has 0 heterocycles. The zero-order valence-corrected chi connectivity index (χ0v) is 9.24. The topological polar surface area (TPSA) is 0 Å². The summed E-state index contributed by atoms with van der Waals surface area (Å²) in [5.74, 6) is 0. The van der Waals surface area contributed by atoms with Crippen LogP contribution in [0.25, 0.3) is 11.1 Å². The van der Waals surface area contributed by atoms with Crippen molar-refractivity contribution in [2.24, 2.45) is 0 Å². The summed E-state index contributed by atoms with van der Waals surface area (Å²) in [6.07, 6.45) is 0. The van der Waals surface area contributed by atoms with Gasteiger partial charge in [-0.15, -0.1) is 13.2 Å². The Morgan fingerprint density at radius 2 is 1.13 bits per heavy atom. The van der Waals surface area contributed by atoms with Crippen molar-refractivity contribution in [3.8, 4) is 11.1 Å². The van der Waals surface area contributed by atoms with Crippen molar-refractivity contribution in [3.05, 3.63) is 72.8 Å². The molecule has 0 radical (unpaired) electrons. The van der Waals surface area contributed by atoms with Crippen LogP contribution in [0.1, 0.15) is 0 Å². The van der Waals surface area contributed by atoms with Gasteiger partial charge in [0.05, 0.1) is 0 Å². The summed E-state index contributed by atoms with van der Waals surface area (Å²) in [6, 6.07) is 18.1. The van der Waals surface area contributed by atoms with Crippen LogP contribution in [0.5, 0.6) is 0 Å². The van der Waals surface area contributed by atoms with E-state index in [0.717, 1.165) is 5.02 Å². The Kier molecular flexibility index (Phi) is 4.65. The van der Waals surface area contributed by atoms with E-state index >= 15 is 0 Å². The fourth-order valence-electron chi connectivity index (χ4n) is 1.27. The van der Waals surface area contributed by atoms with Crippen LogP contribution in [0, 0.1) is 0 Å². The van der Waals surface area contributed by atoms with Gasteiger partial charge >= 0.3 is 0 Å². The van der Waals surface area contributed by atoms with Gasteiger partial charge in [0.2, 0.25) is 0 Å². The average Bonchev–Trinajstić information content (AvgIpc) is 2.34. The largest absolute Gasteiger partial charge is 0.106 e. The van der Waals surface area contributed by atoms with E-state index in [0.29, 0.717) is 0 Å². The Hall–Kier alpha value is -1.53. The van der Waals surface area contributed by atoms with Gasteiger partial charge in [-0.25, -0.2) is 0 Å². The van der Waals surface area contributed by atoms with Gasteiger partial charge in [0.1, 0.15) is 0 Å². The monoisotopic (exact) mass is 216 g/mol. The first-order valence-corrected chi connectivity index (χ1v) is 5.05. The maximum absolute atomic E-state index is 5.80. The van der Waals surface area contributed by atoms with E-state index in [-0.39, 0.29) is 0 Å². The molecule has 76 valence electrons. The van der Waals surface area contributed by atoms with Crippen LogP contribution >= 0.6 is 11.6 Å². The van der Waals surface area contributed by atoms with Gasteiger partial charge in [0.25, 0.3) is 0 Å². The summed E-state index contributed by atoms with van der Waals surface area (Å²) in [5, 5.41) is 0.777. The summed E-state index contributed by atoms with van der Waals surface area (Å²) in [5.41, 5.74) is 2.42. The Morgan fingerprint density at radius 3 is 1.67 bits per heavy atom. The van der Waals surface area contributed by atoms with Crippen LogP contribution in [-0.4, -0.2) is 0 Å². The lowest BCUT2D eigenvalue weighted by atomic mass is 10.1. The summed E-state index contributed by atoms with van der Waals surface area (Å²) >= 11 is 5.80. The van der Waals surface area contributed by atoms with Crippen LogP contribution in [0.2, 0.25) is 5.02 Å². The summed E-state index contributed by atoms with van der Waals surface area (Å²) in [7, 11) is 0. The molecule has 0 nitrogen and oxygen atoms in total. The van der Waals surface area contributed by atoms with Gasteiger partial charge in [-0.1, -0.05) is 54.1 Å². The Balaban J connectivity index is 0.000000531. The maximum atomic E-state index is 5.80. The molecule has 0 aliphatic rings. The zero-order chi connectivity index (χ0) is 11.1. The van der Waals surface area contributed by atoms with Crippen molar-refractivity contribution in [2.45, 2.75) is 0 Å². The van der Waals surface area contributed by atoms with Crippen molar-refractivity contribution < 1.29 is 0 Å². The molecule has 15 heavy (non-hydrogen) atoms. The smallest absolute Gasteiger partial charge is 0.0406 e. The molecule has 0 bridgehead atoms. The van der Waals surface area contributed by atoms with Crippen LogP contribution in [0.4, 0.5) is 0 Å². The van der Waals surface area contributed by atoms with Crippen molar-refractivity contribution in [1.29, 1.82) is 0 Å². The zero-order valence-electron chi connectivity index (χ0n) is 8.49. The van der Waals surface area contributed by atoms with Crippen molar-refractivity contribution in [3.63, 3.8) is 0 Å². The third-order valence-electron chi connectivity index (χ3n) is 1.95. The van der Waals surface area contributed by atoms with E-state index in [4.69, 9.17) is 11.6 Å². The molecule has 0 aliphatic carbocycles. The second-order valence-electron chi connectivity index (χ2n) is 2.87. The summed E-state index contributed by atoms with van der Waals surface area (Å²) < 4.78 is 0. The second kappa shape index (κ2) is 6.05. The average molecular weight is 217 g/mol. The van der Waals surface area contributed by atoms with Gasteiger partial charge in [0, 0.05) is 5.02 Å². The lowest BCUT2D eigenvalue weighted by molar-refractivity contribution is 1.62. The number of hydrogen-bond donors (Lipinski definition) is 0. The van der Waals surface area contributed by atoms with Crippen molar-refractivity contribution in [1.82, 2.24) is 0 Å². The first kappa shape index (κ1) is 11.5. The molecule has 2 aromatic carbocycles. The molecule has 2 rings (SSSR count). The van der Waals surface area contributed by atoms with E-state index in [2.05, 4.69) is 25.3 Å². The van der Waals surface area contributed by atoms with Crippen molar-refractivity contribution in [2.75, 3.05) is 0 Å². The molecule has 0 fully saturated rings. The predicted octanol–water partition coefficient (Wildman–Crippen LogP) is 4.81. The third kappa shape index (κ3) is 3.26. The molecule has 0 saturated carbocycles. The minimum absolute atomic E-state index is 0.777. The first-order chi connectivity index (χ1) is 7.36. The van der Waals surface area contributed by atoms with Gasteiger partial charge < -0.3 is 0 Å². The Morgan fingerprint density at radius 1 is 0.667 bits per heavy atom. The lowest BCUT2D eigenvalue weighted by Crippen LogP contribution is -1.74. The van der Waals surface area contributed by atoms with Crippen LogP contribution in [-0.2, 0) is 0 Å². The van der Waals surface area contributed by atoms with E-state index in [9.17, 15) is 0 Å². The molecule has 0 aromatic heterocycles. The molecule has 0 N–H and O–H groups in total. The SMILES string of the molecule is C=C.Clc1ccc(-c2ccccc2)cc1. The molecule has 0 amide bonds. The van der Waals surface area contributed by atoms with Crippen LogP contribution in [0.15, 0.2) is 67.8 Å². The van der Waals surface area contributed by atoms with Gasteiger partial charge in [-0.05, 0) is 23.3 Å². The third-order valence-corrected chi connectivity index (χ3v) is 2.20. The van der Waals surface area contributed by atoms with E-state index in [1.54, 1.807) is 0 Å². The van der Waals surface area contributed by atoms with E-state index in [1.165, 1.54) is 11.1 Å². The maximum Gasteiger partial charge on any atom is 0.0406 e. The number of halogens is 1. The molecule has 0 unspecified atom stereocenters. The second-order valence-corrected chi connectivity index (χ2v) is 3.31. The highest BCUT2D eigenvalue weighted by atomic mass is 35.5. The first-order valence-electron chi connectivity index (χ1n) is 4.67.